The van der Waals surface area contributed by atoms with E-state index in [0.717, 1.165) is 16.7 Å². The highest BCUT2D eigenvalue weighted by Crippen LogP contribution is 2.53. The van der Waals surface area contributed by atoms with Crippen LogP contribution in [0.15, 0.2) is 21.6 Å². The third kappa shape index (κ3) is 4.38. The van der Waals surface area contributed by atoms with Crippen LogP contribution in [-0.4, -0.2) is 93.8 Å². The van der Waals surface area contributed by atoms with E-state index in [2.05, 4.69) is 31.1 Å². The molecular weight excluding hydrogens is 542 g/mol. The lowest BCUT2D eigenvalue weighted by Gasteiger charge is -2.57. The Morgan fingerprint density at radius 1 is 1.11 bits per heavy atom. The van der Waals surface area contributed by atoms with Crippen molar-refractivity contribution in [1.82, 2.24) is 45.3 Å². The van der Waals surface area contributed by atoms with Crippen LogP contribution in [0, 0.1) is 5.41 Å². The number of carbonyl (C=O) groups excluding carboxylic acids is 2. The van der Waals surface area contributed by atoms with Gasteiger partial charge < -0.3 is 4.74 Å². The number of aryl methyl sites for hydroxylation is 2. The number of fused-ring (bicyclic) bond motifs is 1. The largest absolute Gasteiger partial charge is 0.365 e. The number of Topliss-reactive ketones (excluding diaryl/α,β-unsaturated/α-hetero) is 1. The molecule has 2 aromatic rings. The van der Waals surface area contributed by atoms with Crippen molar-refractivity contribution >= 4 is 45.1 Å². The average Bonchev–Trinajstić information content (AvgIpc) is 3.43. The molecule has 0 spiro atoms. The first kappa shape index (κ1) is 27.7. The molecule has 4 heterocycles. The fourth-order valence-electron chi connectivity index (χ4n) is 4.45. The van der Waals surface area contributed by atoms with Gasteiger partial charge in [-0.05, 0) is 32.8 Å². The summed E-state index contributed by atoms with van der Waals surface area (Å²) in [4.78, 5) is 28.6. The monoisotopic (exact) mass is 571 g/mol. The summed E-state index contributed by atoms with van der Waals surface area (Å²) in [6, 6.07) is 0. The zero-order chi connectivity index (χ0) is 27.3. The molecule has 0 aromatic carbocycles. The molecule has 2 aliphatic rings. The standard InChI is InChI=1S/C20H29N9O5S3/c1-8-9-20(34-7)15(31)29-12(13(30)19(2,3)4)11(10-35-17-21-23-25-27(17)5)14(37(32,33)16(20)29)36-18-22-24-26-28(18)6/h14,16H,8-10H2,1-7H3/t14?,16-,20+/m0/s1. The van der Waals surface area contributed by atoms with Gasteiger partial charge in [-0.15, -0.1) is 10.2 Å². The number of ether oxygens (including phenoxy) is 1. The molecular formula is C20H29N9O5S3. The smallest absolute Gasteiger partial charge is 0.263 e. The summed E-state index contributed by atoms with van der Waals surface area (Å²) >= 11 is 2.09. The minimum absolute atomic E-state index is 0.0395. The minimum Gasteiger partial charge on any atom is -0.365 e. The van der Waals surface area contributed by atoms with Gasteiger partial charge in [0.25, 0.3) is 5.91 Å². The van der Waals surface area contributed by atoms with Gasteiger partial charge in [-0.2, -0.15) is 0 Å². The maximum atomic E-state index is 14.3. The number of ketones is 1. The molecule has 0 N–H and O–H groups in total. The van der Waals surface area contributed by atoms with E-state index >= 15 is 0 Å². The van der Waals surface area contributed by atoms with Gasteiger partial charge in [-0.25, -0.2) is 17.8 Å². The molecule has 0 saturated carbocycles. The van der Waals surface area contributed by atoms with Gasteiger partial charge in [-0.1, -0.05) is 57.6 Å². The van der Waals surface area contributed by atoms with E-state index in [1.165, 1.54) is 28.2 Å². The summed E-state index contributed by atoms with van der Waals surface area (Å²) in [7, 11) is 0.435. The second kappa shape index (κ2) is 9.74. The van der Waals surface area contributed by atoms with Crippen molar-refractivity contribution in [2.45, 2.75) is 66.4 Å². The molecule has 4 rings (SSSR count). The Labute approximate surface area is 222 Å². The summed E-state index contributed by atoms with van der Waals surface area (Å²) in [6.07, 6.45) is 0.704. The van der Waals surface area contributed by atoms with Crippen LogP contribution in [0.1, 0.15) is 40.5 Å². The highest BCUT2D eigenvalue weighted by molar-refractivity contribution is 8.14. The number of tetrazole rings is 2. The number of nitrogens with zero attached hydrogens (tertiary/aromatic N) is 9. The van der Waals surface area contributed by atoms with Crippen LogP contribution >= 0.6 is 23.5 Å². The summed E-state index contributed by atoms with van der Waals surface area (Å²) in [5.41, 5.74) is -2.16. The third-order valence-electron chi connectivity index (χ3n) is 6.27. The molecule has 2 aliphatic heterocycles. The Bertz CT molecular complexity index is 1360. The van der Waals surface area contributed by atoms with Crippen LogP contribution in [0.25, 0.3) is 0 Å². The SMILES string of the molecule is CCC[C@@]1(OC)C(=O)N2C(C(=O)C(C)(C)C)=C(CSc3nnnn3C)C(Sc3nnnn3C)S(=O)(=O)[C@H]21. The van der Waals surface area contributed by atoms with Crippen LogP contribution in [-0.2, 0) is 38.3 Å². The Morgan fingerprint density at radius 2 is 1.70 bits per heavy atom. The second-order valence-electron chi connectivity index (χ2n) is 9.82. The van der Waals surface area contributed by atoms with Crippen molar-refractivity contribution in [2.24, 2.45) is 19.5 Å². The lowest BCUT2D eigenvalue weighted by Crippen LogP contribution is -2.79. The molecule has 1 fully saturated rings. The fourth-order valence-corrected chi connectivity index (χ4v) is 9.65. The van der Waals surface area contributed by atoms with Crippen LogP contribution in [0.5, 0.6) is 0 Å². The Morgan fingerprint density at radius 3 is 2.19 bits per heavy atom. The van der Waals surface area contributed by atoms with Crippen LogP contribution in [0.3, 0.4) is 0 Å². The van der Waals surface area contributed by atoms with E-state index in [4.69, 9.17) is 4.74 Å². The van der Waals surface area contributed by atoms with Gasteiger partial charge in [0.2, 0.25) is 10.3 Å². The lowest BCUT2D eigenvalue weighted by atomic mass is 9.81. The van der Waals surface area contributed by atoms with Crippen LogP contribution < -0.4 is 0 Å². The second-order valence-corrected chi connectivity index (χ2v) is 14.2. The van der Waals surface area contributed by atoms with Crippen molar-refractivity contribution in [3.8, 4) is 0 Å². The van der Waals surface area contributed by atoms with E-state index in [9.17, 15) is 18.0 Å². The summed E-state index contributed by atoms with van der Waals surface area (Å²) in [5.74, 6) is -0.849. The molecule has 1 unspecified atom stereocenters. The van der Waals surface area contributed by atoms with Gasteiger partial charge in [0.1, 0.15) is 4.58 Å². The number of rotatable bonds is 9. The predicted octanol–water partition coefficient (Wildman–Crippen LogP) is 0.595. The Balaban J connectivity index is 1.95. The van der Waals surface area contributed by atoms with Gasteiger partial charge in [0.05, 0.1) is 5.70 Å². The van der Waals surface area contributed by atoms with Gasteiger partial charge in [0, 0.05) is 32.4 Å². The number of methoxy groups -OCH3 is 1. The number of allylic oxidation sites excluding steroid dienone is 1. The number of hydrogen-bond donors (Lipinski definition) is 0. The molecule has 1 saturated heterocycles. The number of aromatic nitrogens is 8. The van der Waals surface area contributed by atoms with E-state index in [1.54, 1.807) is 34.9 Å². The molecule has 0 radical (unpaired) electrons. The molecule has 2 aromatic heterocycles. The number of thioether (sulfide) groups is 2. The number of amides is 1. The molecule has 3 atom stereocenters. The molecule has 17 heteroatoms. The summed E-state index contributed by atoms with van der Waals surface area (Å²) in [6.45, 7) is 7.03. The first-order chi connectivity index (χ1) is 17.3. The van der Waals surface area contributed by atoms with Crippen molar-refractivity contribution < 1.29 is 22.7 Å². The maximum Gasteiger partial charge on any atom is 0.263 e. The van der Waals surface area contributed by atoms with Crippen molar-refractivity contribution in [1.29, 1.82) is 0 Å². The van der Waals surface area contributed by atoms with Gasteiger partial charge in [-0.3, -0.25) is 14.5 Å². The first-order valence-electron chi connectivity index (χ1n) is 11.4. The minimum atomic E-state index is -4.14. The van der Waals surface area contributed by atoms with Gasteiger partial charge in [0.15, 0.2) is 26.6 Å². The topological polar surface area (TPSA) is 168 Å². The molecule has 202 valence electrons. The predicted molar refractivity (Wildman–Crippen MR) is 134 cm³/mol. The van der Waals surface area contributed by atoms with E-state index in [0.29, 0.717) is 11.6 Å². The summed E-state index contributed by atoms with van der Waals surface area (Å²) in [5, 5.41) is 22.1. The molecule has 37 heavy (non-hydrogen) atoms. The van der Waals surface area contributed by atoms with Crippen LogP contribution in [0.4, 0.5) is 0 Å². The van der Waals surface area contributed by atoms with Crippen molar-refractivity contribution in [2.75, 3.05) is 12.9 Å². The number of β-lactam (4-membered cyclic amide) rings is 1. The normalized spacial score (nSPS) is 25.3. The molecule has 0 bridgehead atoms. The van der Waals surface area contributed by atoms with Crippen molar-refractivity contribution in [3.63, 3.8) is 0 Å². The number of carbonyl (C=O) groups is 2. The average molecular weight is 572 g/mol. The number of hydrogen-bond acceptors (Lipinski definition) is 13. The van der Waals surface area contributed by atoms with Gasteiger partial charge >= 0.3 is 0 Å². The highest BCUT2D eigenvalue weighted by Gasteiger charge is 2.72. The summed E-state index contributed by atoms with van der Waals surface area (Å²) < 4.78 is 35.8. The quantitative estimate of drug-likeness (QED) is 0.303. The van der Waals surface area contributed by atoms with E-state index in [1.807, 2.05) is 6.92 Å². The van der Waals surface area contributed by atoms with Crippen molar-refractivity contribution in [3.05, 3.63) is 11.3 Å². The fraction of sp³-hybridized carbons (Fsp3) is 0.700. The zero-order valence-corrected chi connectivity index (χ0v) is 24.0. The zero-order valence-electron chi connectivity index (χ0n) is 21.6. The molecule has 0 aliphatic carbocycles. The van der Waals surface area contributed by atoms with E-state index < -0.39 is 36.7 Å². The first-order valence-corrected chi connectivity index (χ1v) is 14.9. The maximum absolute atomic E-state index is 14.3. The number of sulfone groups is 1. The third-order valence-corrected chi connectivity index (χ3v) is 11.6. The Hall–Kier alpha value is -2.37. The lowest BCUT2D eigenvalue weighted by molar-refractivity contribution is -0.185. The van der Waals surface area contributed by atoms with Crippen LogP contribution in [0.2, 0.25) is 0 Å². The molecule has 14 nitrogen and oxygen atoms in total. The highest BCUT2D eigenvalue weighted by atomic mass is 32.3. The Kier molecular flexibility index (Phi) is 7.28. The van der Waals surface area contributed by atoms with E-state index in [-0.39, 0.29) is 34.4 Å². The molecule has 1 amide bonds.